The highest BCUT2D eigenvalue weighted by atomic mass is 32.2. The van der Waals surface area contributed by atoms with Crippen LogP contribution in [-0.2, 0) is 4.43 Å². The molecule has 0 saturated heterocycles. The van der Waals surface area contributed by atoms with Crippen LogP contribution >= 0.6 is 11.8 Å². The molecule has 0 aliphatic carbocycles. The van der Waals surface area contributed by atoms with Crippen LogP contribution in [-0.4, -0.2) is 20.2 Å². The van der Waals surface area contributed by atoms with Crippen LogP contribution in [0.2, 0.25) is 5.04 Å². The van der Waals surface area contributed by atoms with Gasteiger partial charge < -0.3 is 4.43 Å². The summed E-state index contributed by atoms with van der Waals surface area (Å²) in [6.45, 7) is 14.7. The average Bonchev–Trinajstić information content (AvgIpc) is 3.12. The summed E-state index contributed by atoms with van der Waals surface area (Å²) in [6, 6.07) is 21.9. The number of rotatable bonds is 5. The zero-order chi connectivity index (χ0) is 20.4. The Balaban J connectivity index is 1.94. The van der Waals surface area contributed by atoms with Gasteiger partial charge in [0.2, 0.25) is 0 Å². The molecule has 1 aliphatic rings. The molecule has 0 radical (unpaired) electrons. The van der Waals surface area contributed by atoms with Crippen molar-refractivity contribution in [1.82, 2.24) is 0 Å². The summed E-state index contributed by atoms with van der Waals surface area (Å²) in [5.74, 6) is 0. The van der Waals surface area contributed by atoms with E-state index in [4.69, 9.17) is 4.43 Å². The fraction of sp³-hybridized carbons (Fsp3) is 0.440. The van der Waals surface area contributed by atoms with Gasteiger partial charge in [0, 0.05) is 11.9 Å². The van der Waals surface area contributed by atoms with E-state index in [1.807, 2.05) is 11.8 Å². The maximum atomic E-state index is 7.10. The molecular weight excluding hydrogens is 376 g/mol. The molecule has 0 unspecified atom stereocenters. The van der Waals surface area contributed by atoms with Gasteiger partial charge in [-0.2, -0.15) is 0 Å². The van der Waals surface area contributed by atoms with Crippen molar-refractivity contribution in [1.29, 1.82) is 0 Å². The second kappa shape index (κ2) is 8.21. The van der Waals surface area contributed by atoms with Gasteiger partial charge in [0.05, 0.1) is 0 Å². The normalized spacial score (nSPS) is 18.2. The molecule has 1 nitrogen and oxygen atoms in total. The Kier molecular flexibility index (Phi) is 6.28. The van der Waals surface area contributed by atoms with E-state index in [1.54, 1.807) is 0 Å². The molecule has 0 bridgehead atoms. The van der Waals surface area contributed by atoms with Crippen molar-refractivity contribution in [2.24, 2.45) is 5.41 Å². The van der Waals surface area contributed by atoms with Gasteiger partial charge >= 0.3 is 0 Å². The van der Waals surface area contributed by atoms with E-state index in [1.165, 1.54) is 15.3 Å². The van der Waals surface area contributed by atoms with Gasteiger partial charge in [-0.3, -0.25) is 0 Å². The number of hydrogen-bond donors (Lipinski definition) is 0. The standard InChI is InChI=1S/C25H34OSSi/c1-24(2,3)23-18-17-20(27-23)19-26-28(25(4,5)6,21-13-9-7-10-14-21)22-15-11-8-12-16-22/h7-16,18,20H,17,19H2,1-6H3/t20-/m0/s1. The average molecular weight is 411 g/mol. The fourth-order valence-electron chi connectivity index (χ4n) is 4.08. The predicted molar refractivity (Wildman–Crippen MR) is 127 cm³/mol. The monoisotopic (exact) mass is 410 g/mol. The summed E-state index contributed by atoms with van der Waals surface area (Å²) < 4.78 is 7.10. The number of thioether (sulfide) groups is 1. The van der Waals surface area contributed by atoms with Crippen LogP contribution in [0.1, 0.15) is 48.0 Å². The van der Waals surface area contributed by atoms with E-state index in [0.29, 0.717) is 5.25 Å². The van der Waals surface area contributed by atoms with E-state index in [0.717, 1.165) is 13.0 Å². The van der Waals surface area contributed by atoms with Gasteiger partial charge in [0.15, 0.2) is 0 Å². The van der Waals surface area contributed by atoms with Gasteiger partial charge in [0.1, 0.15) is 0 Å². The van der Waals surface area contributed by atoms with E-state index in [2.05, 4.69) is 108 Å². The first kappa shape index (κ1) is 21.4. The highest BCUT2D eigenvalue weighted by molar-refractivity contribution is 8.04. The molecule has 0 N–H and O–H groups in total. The topological polar surface area (TPSA) is 9.23 Å². The molecule has 2 aromatic rings. The lowest BCUT2D eigenvalue weighted by Crippen LogP contribution is -2.67. The van der Waals surface area contributed by atoms with Crippen LogP contribution in [0.25, 0.3) is 0 Å². The largest absolute Gasteiger partial charge is 0.406 e. The molecule has 0 spiro atoms. The van der Waals surface area contributed by atoms with E-state index < -0.39 is 8.32 Å². The molecule has 2 aromatic carbocycles. The minimum Gasteiger partial charge on any atom is -0.406 e. The van der Waals surface area contributed by atoms with Crippen molar-refractivity contribution in [3.05, 3.63) is 71.6 Å². The molecule has 0 saturated carbocycles. The fourth-order valence-corrected chi connectivity index (χ4v) is 10.0. The Bertz CT molecular complexity index is 760. The molecule has 150 valence electrons. The van der Waals surface area contributed by atoms with Crippen molar-refractivity contribution >= 4 is 30.5 Å². The summed E-state index contributed by atoms with van der Waals surface area (Å²) in [7, 11) is -2.42. The smallest absolute Gasteiger partial charge is 0.261 e. The minimum absolute atomic E-state index is 0.0409. The van der Waals surface area contributed by atoms with Crippen LogP contribution in [0.5, 0.6) is 0 Å². The van der Waals surface area contributed by atoms with Crippen molar-refractivity contribution in [2.75, 3.05) is 6.61 Å². The first-order valence-corrected chi connectivity index (χ1v) is 13.1. The number of allylic oxidation sites excluding steroid dienone is 2. The second-order valence-electron chi connectivity index (χ2n) is 9.77. The third kappa shape index (κ3) is 4.32. The highest BCUT2D eigenvalue weighted by Gasteiger charge is 2.50. The second-order valence-corrected chi connectivity index (χ2v) is 15.4. The van der Waals surface area contributed by atoms with Crippen molar-refractivity contribution in [2.45, 2.75) is 58.3 Å². The van der Waals surface area contributed by atoms with E-state index >= 15 is 0 Å². The molecule has 1 heterocycles. The molecule has 1 atom stereocenters. The quantitative estimate of drug-likeness (QED) is 0.559. The van der Waals surface area contributed by atoms with Gasteiger partial charge in [-0.05, 0) is 32.2 Å². The van der Waals surface area contributed by atoms with E-state index in [9.17, 15) is 0 Å². The van der Waals surface area contributed by atoms with Gasteiger partial charge in [-0.25, -0.2) is 0 Å². The van der Waals surface area contributed by atoms with Crippen LogP contribution in [0, 0.1) is 5.41 Å². The molecule has 0 aromatic heterocycles. The maximum absolute atomic E-state index is 7.10. The zero-order valence-corrected chi connectivity index (χ0v) is 20.0. The van der Waals surface area contributed by atoms with Crippen LogP contribution in [0.4, 0.5) is 0 Å². The molecular formula is C25H34OSSi. The van der Waals surface area contributed by atoms with Crippen LogP contribution in [0.15, 0.2) is 71.6 Å². The van der Waals surface area contributed by atoms with Gasteiger partial charge in [-0.1, -0.05) is 108 Å². The summed E-state index contributed by atoms with van der Waals surface area (Å²) in [4.78, 5) is 1.50. The molecule has 1 aliphatic heterocycles. The Morgan fingerprint density at radius 2 is 1.36 bits per heavy atom. The Hall–Kier alpha value is -1.29. The molecule has 0 fully saturated rings. The zero-order valence-electron chi connectivity index (χ0n) is 18.2. The highest BCUT2D eigenvalue weighted by Crippen LogP contribution is 2.44. The van der Waals surface area contributed by atoms with Crippen molar-refractivity contribution in [3.63, 3.8) is 0 Å². The third-order valence-electron chi connectivity index (χ3n) is 5.50. The summed E-state index contributed by atoms with van der Waals surface area (Å²) in [5, 5.41) is 3.27. The van der Waals surface area contributed by atoms with Gasteiger partial charge in [-0.15, -0.1) is 11.8 Å². The third-order valence-corrected chi connectivity index (χ3v) is 12.2. The molecule has 3 rings (SSSR count). The minimum atomic E-state index is -2.42. The van der Waals surface area contributed by atoms with Crippen molar-refractivity contribution < 1.29 is 4.43 Å². The Morgan fingerprint density at radius 1 is 0.857 bits per heavy atom. The predicted octanol–water partition coefficient (Wildman–Crippen LogP) is 6.00. The van der Waals surface area contributed by atoms with Gasteiger partial charge in [0.25, 0.3) is 8.32 Å². The lowest BCUT2D eigenvalue weighted by atomic mass is 9.95. The van der Waals surface area contributed by atoms with Crippen LogP contribution in [0.3, 0.4) is 0 Å². The summed E-state index contributed by atoms with van der Waals surface area (Å²) >= 11 is 2.02. The van der Waals surface area contributed by atoms with Crippen molar-refractivity contribution in [3.8, 4) is 0 Å². The van der Waals surface area contributed by atoms with E-state index in [-0.39, 0.29) is 10.5 Å². The first-order valence-electron chi connectivity index (χ1n) is 10.3. The summed E-state index contributed by atoms with van der Waals surface area (Å²) in [6.07, 6.45) is 3.53. The number of benzene rings is 2. The molecule has 3 heteroatoms. The lowest BCUT2D eigenvalue weighted by molar-refractivity contribution is 0.298. The molecule has 0 amide bonds. The molecule has 28 heavy (non-hydrogen) atoms. The first-order chi connectivity index (χ1) is 13.1. The SMILES string of the molecule is CC(C)(C)C1=CC[C@@H](CO[Si](c2ccccc2)(c2ccccc2)C(C)(C)C)S1. The van der Waals surface area contributed by atoms with Crippen LogP contribution < -0.4 is 10.4 Å². The number of hydrogen-bond acceptors (Lipinski definition) is 2. The summed E-state index contributed by atoms with van der Waals surface area (Å²) in [5.41, 5.74) is 0.233. The maximum Gasteiger partial charge on any atom is 0.261 e. The Morgan fingerprint density at radius 3 is 1.75 bits per heavy atom. The Labute approximate surface area is 176 Å². The lowest BCUT2D eigenvalue weighted by Gasteiger charge is -2.43.